The molecule has 31 heavy (non-hydrogen) atoms. The molecule has 0 N–H and O–H groups in total. The van der Waals surface area contributed by atoms with E-state index in [-0.39, 0.29) is 0 Å². The zero-order chi connectivity index (χ0) is 22.4. The van der Waals surface area contributed by atoms with Crippen molar-refractivity contribution in [2.45, 2.75) is 119 Å². The minimum Gasteiger partial charge on any atom is -0.0996 e. The number of allylic oxidation sites excluding steroid dienone is 1. The van der Waals surface area contributed by atoms with Crippen molar-refractivity contribution in [1.82, 2.24) is 0 Å². The van der Waals surface area contributed by atoms with Gasteiger partial charge in [-0.3, -0.25) is 0 Å². The predicted octanol–water partition coefficient (Wildman–Crippen LogP) is 9.30. The van der Waals surface area contributed by atoms with E-state index in [1.165, 1.54) is 44.1 Å². The SMILES string of the molecule is C=C(CCC(C)C1CCC2(C)C3CCC4C(C)C(C)CCC45CC35CCC12C)C(C)C. The fourth-order valence-corrected chi connectivity index (χ4v) is 11.1. The van der Waals surface area contributed by atoms with Gasteiger partial charge in [-0.05, 0) is 134 Å². The summed E-state index contributed by atoms with van der Waals surface area (Å²) in [5, 5.41) is 0. The van der Waals surface area contributed by atoms with Crippen LogP contribution >= 0.6 is 0 Å². The Morgan fingerprint density at radius 1 is 0.871 bits per heavy atom. The van der Waals surface area contributed by atoms with E-state index >= 15 is 0 Å². The Morgan fingerprint density at radius 2 is 1.61 bits per heavy atom. The van der Waals surface area contributed by atoms with Gasteiger partial charge < -0.3 is 0 Å². The van der Waals surface area contributed by atoms with Gasteiger partial charge in [-0.15, -0.1) is 0 Å². The second-order valence-electron chi connectivity index (χ2n) is 14.4. The van der Waals surface area contributed by atoms with Gasteiger partial charge in [0.2, 0.25) is 0 Å². The van der Waals surface area contributed by atoms with Gasteiger partial charge in [-0.2, -0.15) is 0 Å². The molecule has 5 aliphatic rings. The first kappa shape index (κ1) is 22.5. The summed E-state index contributed by atoms with van der Waals surface area (Å²) in [5.41, 5.74) is 4.17. The van der Waals surface area contributed by atoms with Crippen LogP contribution in [-0.4, -0.2) is 0 Å². The highest BCUT2D eigenvalue weighted by atomic mass is 14.8. The molecule has 5 saturated carbocycles. The molecular weight excluding hydrogens is 372 g/mol. The normalized spacial score (nSPS) is 53.9. The molecule has 0 aromatic heterocycles. The van der Waals surface area contributed by atoms with Crippen LogP contribution in [0.4, 0.5) is 0 Å². The van der Waals surface area contributed by atoms with Crippen LogP contribution in [0.3, 0.4) is 0 Å². The van der Waals surface area contributed by atoms with Crippen LogP contribution in [0.2, 0.25) is 0 Å². The third-order valence-corrected chi connectivity index (χ3v) is 13.6. The molecule has 0 bridgehead atoms. The van der Waals surface area contributed by atoms with Crippen LogP contribution in [0.25, 0.3) is 0 Å². The van der Waals surface area contributed by atoms with Gasteiger partial charge in [0.25, 0.3) is 0 Å². The summed E-state index contributed by atoms with van der Waals surface area (Å²) < 4.78 is 0. The molecule has 0 aromatic rings. The van der Waals surface area contributed by atoms with E-state index in [9.17, 15) is 0 Å². The molecule has 5 rings (SSSR count). The lowest BCUT2D eigenvalue weighted by Gasteiger charge is -2.62. The summed E-state index contributed by atoms with van der Waals surface area (Å²) >= 11 is 0. The van der Waals surface area contributed by atoms with Crippen LogP contribution in [0.1, 0.15) is 119 Å². The molecule has 0 radical (unpaired) electrons. The molecule has 0 nitrogen and oxygen atoms in total. The second kappa shape index (κ2) is 7.12. The van der Waals surface area contributed by atoms with Gasteiger partial charge >= 0.3 is 0 Å². The summed E-state index contributed by atoms with van der Waals surface area (Å²) in [4.78, 5) is 0. The smallest absolute Gasteiger partial charge is 0.0199 e. The number of hydrogen-bond donors (Lipinski definition) is 0. The molecule has 5 fully saturated rings. The molecule has 10 unspecified atom stereocenters. The third-order valence-electron chi connectivity index (χ3n) is 13.6. The van der Waals surface area contributed by atoms with Gasteiger partial charge in [0.15, 0.2) is 0 Å². The van der Waals surface area contributed by atoms with Crippen molar-refractivity contribution in [1.29, 1.82) is 0 Å². The van der Waals surface area contributed by atoms with Crippen molar-refractivity contribution in [2.24, 2.45) is 63.1 Å². The largest absolute Gasteiger partial charge is 0.0996 e. The van der Waals surface area contributed by atoms with Gasteiger partial charge in [-0.1, -0.05) is 60.6 Å². The molecule has 0 aliphatic heterocycles. The Morgan fingerprint density at radius 3 is 2.32 bits per heavy atom. The zero-order valence-corrected chi connectivity index (χ0v) is 22.0. The second-order valence-corrected chi connectivity index (χ2v) is 14.4. The highest BCUT2D eigenvalue weighted by Crippen LogP contribution is 2.88. The molecule has 0 amide bonds. The van der Waals surface area contributed by atoms with Crippen molar-refractivity contribution in [3.05, 3.63) is 12.2 Å². The molecule has 0 aromatic carbocycles. The van der Waals surface area contributed by atoms with Crippen molar-refractivity contribution < 1.29 is 0 Å². The molecule has 10 atom stereocenters. The molecule has 0 saturated heterocycles. The fraction of sp³-hybridized carbons (Fsp3) is 0.935. The van der Waals surface area contributed by atoms with E-state index in [2.05, 4.69) is 55.0 Å². The Hall–Kier alpha value is -0.260. The summed E-state index contributed by atoms with van der Waals surface area (Å²) in [5.74, 6) is 6.46. The predicted molar refractivity (Wildman–Crippen MR) is 134 cm³/mol. The molecule has 2 spiro atoms. The third kappa shape index (κ3) is 2.78. The van der Waals surface area contributed by atoms with Crippen LogP contribution in [-0.2, 0) is 0 Å². The maximum Gasteiger partial charge on any atom is -0.0199 e. The Bertz CT molecular complexity index is 732. The number of fused-ring (bicyclic) bond motifs is 2. The first-order valence-electron chi connectivity index (χ1n) is 14.2. The van der Waals surface area contributed by atoms with Gasteiger partial charge in [0.1, 0.15) is 0 Å². The van der Waals surface area contributed by atoms with Crippen LogP contribution in [0, 0.1) is 63.1 Å². The van der Waals surface area contributed by atoms with Crippen LogP contribution < -0.4 is 0 Å². The van der Waals surface area contributed by atoms with Crippen molar-refractivity contribution in [2.75, 3.05) is 0 Å². The average Bonchev–Trinajstić information content (AvgIpc) is 3.31. The van der Waals surface area contributed by atoms with E-state index in [0.717, 1.165) is 46.3 Å². The van der Waals surface area contributed by atoms with E-state index in [1.54, 1.807) is 32.1 Å². The van der Waals surface area contributed by atoms with Crippen LogP contribution in [0.5, 0.6) is 0 Å². The monoisotopic (exact) mass is 424 g/mol. The topological polar surface area (TPSA) is 0 Å². The number of rotatable bonds is 5. The first-order valence-corrected chi connectivity index (χ1v) is 14.2. The lowest BCUT2D eigenvalue weighted by molar-refractivity contribution is -0.136. The van der Waals surface area contributed by atoms with E-state index in [0.29, 0.717) is 16.7 Å². The van der Waals surface area contributed by atoms with Gasteiger partial charge in [-0.25, -0.2) is 0 Å². The average molecular weight is 425 g/mol. The summed E-state index contributed by atoms with van der Waals surface area (Å²) in [6.07, 6.45) is 16.5. The molecule has 0 heterocycles. The zero-order valence-electron chi connectivity index (χ0n) is 22.0. The van der Waals surface area contributed by atoms with E-state index < -0.39 is 0 Å². The van der Waals surface area contributed by atoms with Crippen molar-refractivity contribution >= 4 is 0 Å². The maximum atomic E-state index is 4.38. The highest BCUT2D eigenvalue weighted by molar-refractivity contribution is 5.29. The Balaban J connectivity index is 1.37. The number of hydrogen-bond acceptors (Lipinski definition) is 0. The lowest BCUT2D eigenvalue weighted by atomic mass is 9.42. The quantitative estimate of drug-likeness (QED) is 0.386. The Kier molecular flexibility index (Phi) is 5.17. The van der Waals surface area contributed by atoms with E-state index in [4.69, 9.17) is 0 Å². The van der Waals surface area contributed by atoms with Crippen molar-refractivity contribution in [3.63, 3.8) is 0 Å². The highest BCUT2D eigenvalue weighted by Gasteiger charge is 2.80. The van der Waals surface area contributed by atoms with Gasteiger partial charge in [0.05, 0.1) is 0 Å². The molecule has 5 aliphatic carbocycles. The minimum absolute atomic E-state index is 0.575. The lowest BCUT2D eigenvalue weighted by Crippen LogP contribution is -2.55. The van der Waals surface area contributed by atoms with Crippen molar-refractivity contribution in [3.8, 4) is 0 Å². The summed E-state index contributed by atoms with van der Waals surface area (Å²) in [6, 6.07) is 0. The minimum atomic E-state index is 0.575. The summed E-state index contributed by atoms with van der Waals surface area (Å²) in [7, 11) is 0. The summed E-state index contributed by atoms with van der Waals surface area (Å²) in [6.45, 7) is 22.3. The van der Waals surface area contributed by atoms with Crippen LogP contribution in [0.15, 0.2) is 12.2 Å². The molecular formula is C31H52. The Labute approximate surface area is 194 Å². The molecule has 0 heteroatoms. The maximum absolute atomic E-state index is 4.38. The first-order chi connectivity index (χ1) is 14.5. The molecule has 176 valence electrons. The fourth-order valence-electron chi connectivity index (χ4n) is 11.1. The standard InChI is InChI=1S/C31H52/c1-20(2)21(3)9-10-23(5)25-14-15-29(8)27-12-11-26-24(6)22(4)13-16-30(26)19-31(27,30)18-17-28(25,29)7/h20,22-27H,3,9-19H2,1-2,4-8H3. The van der Waals surface area contributed by atoms with Gasteiger partial charge in [0, 0.05) is 0 Å². The van der Waals surface area contributed by atoms with E-state index in [1.807, 2.05) is 0 Å².